The smallest absolute Gasteiger partial charge is 0.250 e. The van der Waals surface area contributed by atoms with Gasteiger partial charge in [-0.1, -0.05) is 42.0 Å². The van der Waals surface area contributed by atoms with Crippen molar-refractivity contribution in [3.05, 3.63) is 68.8 Å². The maximum atomic E-state index is 11.8. The van der Waals surface area contributed by atoms with Crippen LogP contribution in [-0.2, 0) is 10.5 Å². The zero-order valence-corrected chi connectivity index (χ0v) is 16.1. The molecule has 2 aromatic carbocycles. The van der Waals surface area contributed by atoms with E-state index in [0.29, 0.717) is 5.75 Å². The number of nitrogens with one attached hydrogen (secondary N) is 1. The first-order chi connectivity index (χ1) is 11.0. The molecule has 1 N–H and O–H groups in total. The summed E-state index contributed by atoms with van der Waals surface area (Å²) in [6.07, 6.45) is 0. The third-order valence-corrected chi connectivity index (χ3v) is 4.96. The molecule has 0 saturated heterocycles. The number of amides is 1. The van der Waals surface area contributed by atoms with Gasteiger partial charge in [0.25, 0.3) is 0 Å². The molecule has 0 atom stereocenters. The van der Waals surface area contributed by atoms with E-state index in [2.05, 4.69) is 64.3 Å². The van der Waals surface area contributed by atoms with Gasteiger partial charge in [-0.15, -0.1) is 11.8 Å². The second-order valence-electron chi connectivity index (χ2n) is 5.22. The predicted octanol–water partition coefficient (Wildman–Crippen LogP) is 4.37. The number of hydrazone groups is 1. The highest BCUT2D eigenvalue weighted by Gasteiger charge is 2.02. The van der Waals surface area contributed by atoms with E-state index in [-0.39, 0.29) is 5.91 Å². The van der Waals surface area contributed by atoms with Gasteiger partial charge in [0.15, 0.2) is 0 Å². The van der Waals surface area contributed by atoms with Gasteiger partial charge >= 0.3 is 0 Å². The molecule has 0 heterocycles. The van der Waals surface area contributed by atoms with Crippen LogP contribution in [0.5, 0.6) is 0 Å². The van der Waals surface area contributed by atoms with Crippen LogP contribution in [0, 0.1) is 10.5 Å². The van der Waals surface area contributed by atoms with Crippen LogP contribution in [0.4, 0.5) is 0 Å². The molecule has 3 nitrogen and oxygen atoms in total. The maximum absolute atomic E-state index is 11.8. The standard InChI is InChI=1S/C18H19IN2OS/c1-13-3-5-15(6-4-13)11-23-12-18(22)21-20-14(2)16-7-9-17(19)10-8-16/h3-10H,11-12H2,1-2H3,(H,21,22)/b20-14-. The number of carbonyl (C=O) groups excluding carboxylic acids is 1. The summed E-state index contributed by atoms with van der Waals surface area (Å²) < 4.78 is 1.18. The first-order valence-corrected chi connectivity index (χ1v) is 9.50. The summed E-state index contributed by atoms with van der Waals surface area (Å²) in [5, 5.41) is 4.16. The van der Waals surface area contributed by atoms with Crippen LogP contribution in [0.15, 0.2) is 53.6 Å². The van der Waals surface area contributed by atoms with Crippen LogP contribution in [0.3, 0.4) is 0 Å². The van der Waals surface area contributed by atoms with Crippen LogP contribution < -0.4 is 5.43 Å². The van der Waals surface area contributed by atoms with Crippen molar-refractivity contribution in [2.45, 2.75) is 19.6 Å². The third-order valence-electron chi connectivity index (χ3n) is 3.23. The van der Waals surface area contributed by atoms with Crippen LogP contribution in [0.1, 0.15) is 23.6 Å². The van der Waals surface area contributed by atoms with Gasteiger partial charge in [-0.3, -0.25) is 4.79 Å². The molecular weight excluding hydrogens is 419 g/mol. The monoisotopic (exact) mass is 438 g/mol. The minimum atomic E-state index is -0.0769. The van der Waals surface area contributed by atoms with E-state index >= 15 is 0 Å². The van der Waals surface area contributed by atoms with Gasteiger partial charge in [0.2, 0.25) is 5.91 Å². The van der Waals surface area contributed by atoms with E-state index in [1.165, 1.54) is 14.7 Å². The Morgan fingerprint density at radius 1 is 1.13 bits per heavy atom. The minimum absolute atomic E-state index is 0.0769. The van der Waals surface area contributed by atoms with Crippen molar-refractivity contribution in [3.8, 4) is 0 Å². The fourth-order valence-electron chi connectivity index (χ4n) is 1.88. The Hall–Kier alpha value is -1.34. The van der Waals surface area contributed by atoms with Crippen LogP contribution in [0.2, 0.25) is 0 Å². The first kappa shape index (κ1) is 18.0. The first-order valence-electron chi connectivity index (χ1n) is 7.27. The van der Waals surface area contributed by atoms with E-state index in [4.69, 9.17) is 0 Å². The largest absolute Gasteiger partial charge is 0.272 e. The summed E-state index contributed by atoms with van der Waals surface area (Å²) in [5.74, 6) is 1.15. The topological polar surface area (TPSA) is 41.5 Å². The van der Waals surface area contributed by atoms with Gasteiger partial charge in [-0.2, -0.15) is 5.10 Å². The molecule has 0 aromatic heterocycles. The Kier molecular flexibility index (Phi) is 7.11. The molecule has 23 heavy (non-hydrogen) atoms. The zero-order chi connectivity index (χ0) is 16.7. The molecule has 0 fully saturated rings. The Morgan fingerprint density at radius 2 is 1.78 bits per heavy atom. The molecule has 1 amide bonds. The lowest BCUT2D eigenvalue weighted by molar-refractivity contribution is -0.118. The van der Waals surface area contributed by atoms with Gasteiger partial charge in [0, 0.05) is 9.32 Å². The average molecular weight is 438 g/mol. The lowest BCUT2D eigenvalue weighted by Crippen LogP contribution is -2.21. The van der Waals surface area contributed by atoms with Crippen molar-refractivity contribution >= 4 is 46.0 Å². The number of thioether (sulfide) groups is 1. The zero-order valence-electron chi connectivity index (χ0n) is 13.2. The van der Waals surface area contributed by atoms with E-state index in [0.717, 1.165) is 17.0 Å². The number of carbonyl (C=O) groups is 1. The molecule has 0 aliphatic carbocycles. The lowest BCUT2D eigenvalue weighted by Gasteiger charge is -2.04. The summed E-state index contributed by atoms with van der Waals surface area (Å²) in [5.41, 5.74) is 6.91. The third kappa shape index (κ3) is 6.35. The summed E-state index contributed by atoms with van der Waals surface area (Å²) in [4.78, 5) is 11.8. The molecule has 0 saturated carbocycles. The number of hydrogen-bond donors (Lipinski definition) is 1. The molecule has 0 aliphatic heterocycles. The predicted molar refractivity (Wildman–Crippen MR) is 107 cm³/mol. The molecule has 2 rings (SSSR count). The Balaban J connectivity index is 1.77. The minimum Gasteiger partial charge on any atom is -0.272 e. The number of nitrogens with zero attached hydrogens (tertiary/aromatic N) is 1. The second kappa shape index (κ2) is 9.08. The van der Waals surface area contributed by atoms with E-state index in [1.54, 1.807) is 11.8 Å². The summed E-state index contributed by atoms with van der Waals surface area (Å²) in [6.45, 7) is 3.96. The molecule has 0 unspecified atom stereocenters. The van der Waals surface area contributed by atoms with Crippen molar-refractivity contribution in [3.63, 3.8) is 0 Å². The van der Waals surface area contributed by atoms with Crippen LogP contribution in [0.25, 0.3) is 0 Å². The average Bonchev–Trinajstić information content (AvgIpc) is 2.55. The van der Waals surface area contributed by atoms with E-state index in [1.807, 2.05) is 31.2 Å². The van der Waals surface area contributed by atoms with Gasteiger partial charge in [0.05, 0.1) is 11.5 Å². The van der Waals surface area contributed by atoms with Crippen molar-refractivity contribution in [2.24, 2.45) is 5.10 Å². The molecule has 2 aromatic rings. The summed E-state index contributed by atoms with van der Waals surface area (Å²) in [7, 11) is 0. The Bertz CT molecular complexity index is 681. The van der Waals surface area contributed by atoms with Crippen LogP contribution >= 0.6 is 34.4 Å². The highest BCUT2D eigenvalue weighted by Crippen LogP contribution is 2.12. The molecule has 0 radical (unpaired) electrons. The number of benzene rings is 2. The van der Waals surface area contributed by atoms with Gasteiger partial charge < -0.3 is 0 Å². The number of aryl methyl sites for hydroxylation is 1. The fraction of sp³-hybridized carbons (Fsp3) is 0.222. The van der Waals surface area contributed by atoms with Gasteiger partial charge in [0.1, 0.15) is 0 Å². The van der Waals surface area contributed by atoms with Crippen molar-refractivity contribution < 1.29 is 4.79 Å². The van der Waals surface area contributed by atoms with Crippen molar-refractivity contribution in [2.75, 3.05) is 5.75 Å². The molecule has 0 bridgehead atoms. The van der Waals surface area contributed by atoms with Crippen LogP contribution in [-0.4, -0.2) is 17.4 Å². The SMILES string of the molecule is C/C(=N/NC(=O)CSCc1ccc(C)cc1)c1ccc(I)cc1. The quantitative estimate of drug-likeness (QED) is 0.414. The molecule has 5 heteroatoms. The summed E-state index contributed by atoms with van der Waals surface area (Å²) >= 11 is 3.85. The van der Waals surface area contributed by atoms with Gasteiger partial charge in [-0.25, -0.2) is 5.43 Å². The lowest BCUT2D eigenvalue weighted by atomic mass is 10.1. The van der Waals surface area contributed by atoms with Gasteiger partial charge in [-0.05, 0) is 59.7 Å². The Morgan fingerprint density at radius 3 is 2.43 bits per heavy atom. The molecular formula is C18H19IN2OS. The van der Waals surface area contributed by atoms with E-state index in [9.17, 15) is 4.79 Å². The molecule has 0 spiro atoms. The summed E-state index contributed by atoms with van der Waals surface area (Å²) in [6, 6.07) is 16.4. The highest BCUT2D eigenvalue weighted by atomic mass is 127. The molecule has 120 valence electrons. The maximum Gasteiger partial charge on any atom is 0.250 e. The highest BCUT2D eigenvalue weighted by molar-refractivity contribution is 14.1. The molecule has 0 aliphatic rings. The number of hydrogen-bond acceptors (Lipinski definition) is 3. The van der Waals surface area contributed by atoms with Crippen molar-refractivity contribution in [1.29, 1.82) is 0 Å². The Labute approximate surface area is 155 Å². The number of rotatable bonds is 6. The normalized spacial score (nSPS) is 11.3. The fourth-order valence-corrected chi connectivity index (χ4v) is 3.02. The van der Waals surface area contributed by atoms with Crippen molar-refractivity contribution in [1.82, 2.24) is 5.43 Å². The number of halogens is 1. The van der Waals surface area contributed by atoms with E-state index < -0.39 is 0 Å². The second-order valence-corrected chi connectivity index (χ2v) is 7.45.